The van der Waals surface area contributed by atoms with Crippen LogP contribution in [0.3, 0.4) is 0 Å². The van der Waals surface area contributed by atoms with Crippen LogP contribution < -0.4 is 5.32 Å². The molecule has 0 unspecified atom stereocenters. The maximum atomic E-state index is 4.55. The Balaban J connectivity index is 2.03. The molecule has 1 aromatic carbocycles. The molecule has 0 aliphatic carbocycles. The lowest BCUT2D eigenvalue weighted by atomic mass is 10.3. The van der Waals surface area contributed by atoms with Crippen molar-refractivity contribution >= 4 is 11.6 Å². The van der Waals surface area contributed by atoms with Crippen LogP contribution in [0.15, 0.2) is 54.9 Å². The van der Waals surface area contributed by atoms with Crippen molar-refractivity contribution in [2.75, 3.05) is 5.32 Å². The van der Waals surface area contributed by atoms with Gasteiger partial charge in [0.15, 0.2) is 0 Å². The van der Waals surface area contributed by atoms with Crippen LogP contribution in [-0.4, -0.2) is 14.5 Å². The van der Waals surface area contributed by atoms with E-state index in [4.69, 9.17) is 0 Å². The maximum Gasteiger partial charge on any atom is 0.212 e. The fourth-order valence-electron chi connectivity index (χ4n) is 2.15. The molecule has 0 spiro atoms. The molecule has 3 rings (SSSR count). The number of imidazole rings is 1. The van der Waals surface area contributed by atoms with Gasteiger partial charge in [0.05, 0.1) is 17.1 Å². The summed E-state index contributed by atoms with van der Waals surface area (Å²) in [5.41, 5.74) is 3.99. The number of nitrogens with one attached hydrogen (secondary N) is 1. The summed E-state index contributed by atoms with van der Waals surface area (Å²) in [5.74, 6) is 0.796. The standard InChI is InChI=1S/C16H16N4/c1-12-11-20(15-9-6-10-17-13(15)2)16(18-12)19-14-7-4-3-5-8-14/h3-11H,1-2H3,(H,18,19). The largest absolute Gasteiger partial charge is 0.325 e. The molecule has 0 fully saturated rings. The van der Waals surface area contributed by atoms with Crippen LogP contribution in [0.1, 0.15) is 11.4 Å². The molecule has 0 amide bonds. The van der Waals surface area contributed by atoms with E-state index in [9.17, 15) is 0 Å². The van der Waals surface area contributed by atoms with Crippen molar-refractivity contribution in [2.45, 2.75) is 13.8 Å². The van der Waals surface area contributed by atoms with Crippen LogP contribution in [0.2, 0.25) is 0 Å². The Labute approximate surface area is 118 Å². The molecule has 2 heterocycles. The van der Waals surface area contributed by atoms with Crippen molar-refractivity contribution in [2.24, 2.45) is 0 Å². The fourth-order valence-corrected chi connectivity index (χ4v) is 2.15. The highest BCUT2D eigenvalue weighted by Crippen LogP contribution is 2.21. The lowest BCUT2D eigenvalue weighted by Gasteiger charge is -2.11. The number of benzene rings is 1. The van der Waals surface area contributed by atoms with Crippen LogP contribution in [0.25, 0.3) is 5.69 Å². The lowest BCUT2D eigenvalue weighted by molar-refractivity contribution is 1.01. The molecule has 0 atom stereocenters. The predicted molar refractivity (Wildman–Crippen MR) is 80.6 cm³/mol. The summed E-state index contributed by atoms with van der Waals surface area (Å²) >= 11 is 0. The second kappa shape index (κ2) is 5.17. The topological polar surface area (TPSA) is 42.7 Å². The van der Waals surface area contributed by atoms with Crippen LogP contribution in [0.5, 0.6) is 0 Å². The van der Waals surface area contributed by atoms with Crippen molar-refractivity contribution in [3.63, 3.8) is 0 Å². The average Bonchev–Trinajstić information content (AvgIpc) is 2.81. The minimum Gasteiger partial charge on any atom is -0.325 e. The zero-order valence-corrected chi connectivity index (χ0v) is 11.5. The van der Waals surface area contributed by atoms with Crippen LogP contribution in [0, 0.1) is 13.8 Å². The molecule has 3 aromatic rings. The molecular formula is C16H16N4. The van der Waals surface area contributed by atoms with Gasteiger partial charge in [0.25, 0.3) is 0 Å². The number of rotatable bonds is 3. The van der Waals surface area contributed by atoms with E-state index in [0.717, 1.165) is 28.7 Å². The smallest absolute Gasteiger partial charge is 0.212 e. The highest BCUT2D eigenvalue weighted by Gasteiger charge is 2.10. The van der Waals surface area contributed by atoms with E-state index in [-0.39, 0.29) is 0 Å². The Morgan fingerprint density at radius 3 is 2.55 bits per heavy atom. The van der Waals surface area contributed by atoms with Gasteiger partial charge in [-0.2, -0.15) is 0 Å². The number of anilines is 2. The van der Waals surface area contributed by atoms with Gasteiger partial charge in [0.2, 0.25) is 5.95 Å². The second-order valence-electron chi connectivity index (χ2n) is 4.67. The first-order chi connectivity index (χ1) is 9.74. The molecule has 20 heavy (non-hydrogen) atoms. The third-order valence-corrected chi connectivity index (χ3v) is 3.09. The number of hydrogen-bond acceptors (Lipinski definition) is 3. The zero-order chi connectivity index (χ0) is 13.9. The van der Waals surface area contributed by atoms with Gasteiger partial charge in [-0.15, -0.1) is 0 Å². The first-order valence-electron chi connectivity index (χ1n) is 6.54. The summed E-state index contributed by atoms with van der Waals surface area (Å²) in [6, 6.07) is 14.0. The van der Waals surface area contributed by atoms with E-state index in [0.29, 0.717) is 0 Å². The number of pyridine rings is 1. The molecule has 100 valence electrons. The molecule has 1 N–H and O–H groups in total. The number of hydrogen-bond donors (Lipinski definition) is 1. The fraction of sp³-hybridized carbons (Fsp3) is 0.125. The van der Waals surface area contributed by atoms with Gasteiger partial charge < -0.3 is 5.32 Å². The Kier molecular flexibility index (Phi) is 3.21. The van der Waals surface area contributed by atoms with Gasteiger partial charge in [-0.05, 0) is 38.1 Å². The van der Waals surface area contributed by atoms with Gasteiger partial charge in [-0.1, -0.05) is 18.2 Å². The van der Waals surface area contributed by atoms with E-state index in [1.807, 2.05) is 67.1 Å². The van der Waals surface area contributed by atoms with Crippen molar-refractivity contribution in [1.82, 2.24) is 14.5 Å². The summed E-state index contributed by atoms with van der Waals surface area (Å²) in [7, 11) is 0. The number of para-hydroxylation sites is 1. The summed E-state index contributed by atoms with van der Waals surface area (Å²) in [6.07, 6.45) is 3.81. The van der Waals surface area contributed by atoms with Crippen molar-refractivity contribution in [3.05, 3.63) is 66.2 Å². The van der Waals surface area contributed by atoms with Gasteiger partial charge in [0.1, 0.15) is 0 Å². The van der Waals surface area contributed by atoms with Gasteiger partial charge in [-0.3, -0.25) is 9.55 Å². The van der Waals surface area contributed by atoms with E-state index >= 15 is 0 Å². The van der Waals surface area contributed by atoms with Crippen molar-refractivity contribution in [1.29, 1.82) is 0 Å². The van der Waals surface area contributed by atoms with Crippen molar-refractivity contribution < 1.29 is 0 Å². The van der Waals surface area contributed by atoms with E-state index in [1.54, 1.807) is 6.20 Å². The first kappa shape index (κ1) is 12.4. The van der Waals surface area contributed by atoms with E-state index in [1.165, 1.54) is 0 Å². The molecular weight excluding hydrogens is 248 g/mol. The van der Waals surface area contributed by atoms with Crippen molar-refractivity contribution in [3.8, 4) is 5.69 Å². The highest BCUT2D eigenvalue weighted by molar-refractivity contribution is 5.56. The van der Waals surface area contributed by atoms with E-state index in [2.05, 4.69) is 15.3 Å². The third kappa shape index (κ3) is 2.40. The Bertz CT molecular complexity index is 716. The SMILES string of the molecule is Cc1cn(-c2cccnc2C)c(Nc2ccccc2)n1. The van der Waals surface area contributed by atoms with Gasteiger partial charge in [-0.25, -0.2) is 4.98 Å². The summed E-state index contributed by atoms with van der Waals surface area (Å²) < 4.78 is 2.03. The number of nitrogens with zero attached hydrogens (tertiary/aromatic N) is 3. The Morgan fingerprint density at radius 1 is 1.00 bits per heavy atom. The third-order valence-electron chi connectivity index (χ3n) is 3.09. The maximum absolute atomic E-state index is 4.55. The minimum absolute atomic E-state index is 0.796. The Hall–Kier alpha value is -2.62. The summed E-state index contributed by atoms with van der Waals surface area (Å²) in [5, 5.41) is 3.34. The molecule has 0 aliphatic heterocycles. The van der Waals surface area contributed by atoms with Gasteiger partial charge >= 0.3 is 0 Å². The molecule has 4 nitrogen and oxygen atoms in total. The second-order valence-corrected chi connectivity index (χ2v) is 4.67. The van der Waals surface area contributed by atoms with Crippen LogP contribution in [0.4, 0.5) is 11.6 Å². The zero-order valence-electron chi connectivity index (χ0n) is 11.5. The quantitative estimate of drug-likeness (QED) is 0.785. The molecule has 0 aliphatic rings. The van der Waals surface area contributed by atoms with Gasteiger partial charge in [0, 0.05) is 18.1 Å². The molecule has 0 bridgehead atoms. The lowest BCUT2D eigenvalue weighted by Crippen LogP contribution is -2.03. The van der Waals surface area contributed by atoms with Crippen LogP contribution >= 0.6 is 0 Å². The summed E-state index contributed by atoms with van der Waals surface area (Å²) in [4.78, 5) is 8.88. The molecule has 0 radical (unpaired) electrons. The minimum atomic E-state index is 0.796. The molecule has 2 aromatic heterocycles. The first-order valence-corrected chi connectivity index (χ1v) is 6.54. The molecule has 4 heteroatoms. The highest BCUT2D eigenvalue weighted by atomic mass is 15.2. The van der Waals surface area contributed by atoms with E-state index < -0.39 is 0 Å². The molecule has 0 saturated heterocycles. The molecule has 0 saturated carbocycles. The normalized spacial score (nSPS) is 10.5. The number of aromatic nitrogens is 3. The predicted octanol–water partition coefficient (Wildman–Crippen LogP) is 3.63. The average molecular weight is 264 g/mol. The monoisotopic (exact) mass is 264 g/mol. The summed E-state index contributed by atoms with van der Waals surface area (Å²) in [6.45, 7) is 3.98. The van der Waals surface area contributed by atoms with Crippen LogP contribution in [-0.2, 0) is 0 Å². The number of aryl methyl sites for hydroxylation is 2. The Morgan fingerprint density at radius 2 is 1.80 bits per heavy atom.